The van der Waals surface area contributed by atoms with Gasteiger partial charge in [-0.15, -0.1) is 0 Å². The van der Waals surface area contributed by atoms with Gasteiger partial charge in [-0.1, -0.05) is 36.7 Å². The van der Waals surface area contributed by atoms with Gasteiger partial charge in [-0.2, -0.15) is 0 Å². The predicted octanol–water partition coefficient (Wildman–Crippen LogP) is 4.27. The lowest BCUT2D eigenvalue weighted by Gasteiger charge is -2.21. The summed E-state index contributed by atoms with van der Waals surface area (Å²) in [5.41, 5.74) is 1.29. The van der Waals surface area contributed by atoms with Gasteiger partial charge in [0.05, 0.1) is 7.11 Å². The number of benzene rings is 1. The van der Waals surface area contributed by atoms with Gasteiger partial charge < -0.3 is 10.1 Å². The van der Waals surface area contributed by atoms with Crippen LogP contribution < -0.4 is 10.1 Å². The molecule has 1 atom stereocenters. The maximum atomic E-state index is 5.47. The summed E-state index contributed by atoms with van der Waals surface area (Å²) in [7, 11) is 1.74. The molecule has 0 radical (unpaired) electrons. The molecule has 0 bridgehead atoms. The molecule has 0 heterocycles. The Hall–Kier alpha value is -0.540. The van der Waals surface area contributed by atoms with Gasteiger partial charge in [0.15, 0.2) is 0 Å². The van der Waals surface area contributed by atoms with E-state index < -0.39 is 0 Å². The van der Waals surface area contributed by atoms with E-state index in [9.17, 15) is 0 Å². The molecule has 0 saturated carbocycles. The topological polar surface area (TPSA) is 21.3 Å². The van der Waals surface area contributed by atoms with Crippen molar-refractivity contribution < 1.29 is 4.74 Å². The zero-order chi connectivity index (χ0) is 14.3. The molecule has 1 aromatic rings. The maximum Gasteiger partial charge on any atom is 0.122 e. The fourth-order valence-corrected chi connectivity index (χ4v) is 2.88. The van der Waals surface area contributed by atoms with E-state index in [1.54, 1.807) is 7.11 Å². The molecule has 1 rings (SSSR count). The summed E-state index contributed by atoms with van der Waals surface area (Å²) in [6.45, 7) is 8.84. The zero-order valence-electron chi connectivity index (χ0n) is 12.5. The van der Waals surface area contributed by atoms with Crippen molar-refractivity contribution in [1.29, 1.82) is 0 Å². The van der Waals surface area contributed by atoms with Crippen molar-refractivity contribution in [2.75, 3.05) is 20.2 Å². The molecule has 0 saturated heterocycles. The van der Waals surface area contributed by atoms with Crippen LogP contribution in [0.15, 0.2) is 22.7 Å². The monoisotopic (exact) mass is 327 g/mol. The summed E-state index contributed by atoms with van der Waals surface area (Å²) in [6.07, 6.45) is 2.30. The summed E-state index contributed by atoms with van der Waals surface area (Å²) in [5, 5.41) is 3.47. The minimum absolute atomic E-state index is 0.656. The number of hydrogen-bond acceptors (Lipinski definition) is 2. The summed E-state index contributed by atoms with van der Waals surface area (Å²) in [5.74, 6) is 2.37. The van der Waals surface area contributed by atoms with Crippen LogP contribution in [-0.2, 0) is 6.42 Å². The van der Waals surface area contributed by atoms with Crippen molar-refractivity contribution in [3.63, 3.8) is 0 Å². The molecular weight excluding hydrogens is 302 g/mol. The highest BCUT2D eigenvalue weighted by Gasteiger charge is 2.14. The van der Waals surface area contributed by atoms with Crippen LogP contribution in [0.3, 0.4) is 0 Å². The molecule has 0 fully saturated rings. The molecule has 1 aromatic carbocycles. The van der Waals surface area contributed by atoms with Gasteiger partial charge in [-0.25, -0.2) is 0 Å². The number of halogens is 1. The summed E-state index contributed by atoms with van der Waals surface area (Å²) >= 11 is 3.55. The van der Waals surface area contributed by atoms with Crippen LogP contribution in [0.25, 0.3) is 0 Å². The van der Waals surface area contributed by atoms with E-state index in [2.05, 4.69) is 48.1 Å². The molecule has 0 amide bonds. The van der Waals surface area contributed by atoms with E-state index in [1.807, 2.05) is 12.1 Å². The third-order valence-corrected chi connectivity index (χ3v) is 3.73. The van der Waals surface area contributed by atoms with Gasteiger partial charge in [0, 0.05) is 4.47 Å². The van der Waals surface area contributed by atoms with E-state index in [0.29, 0.717) is 5.92 Å². The first-order chi connectivity index (χ1) is 9.06. The molecule has 3 heteroatoms. The largest absolute Gasteiger partial charge is 0.496 e. The fourth-order valence-electron chi connectivity index (χ4n) is 2.47. The molecular formula is C16H26BrNO. The van der Waals surface area contributed by atoms with Crippen molar-refractivity contribution in [2.24, 2.45) is 11.8 Å². The standard InChI is InChI=1S/C16H26BrNO/c1-5-18-11-13(8-12(2)3)9-14-10-15(17)6-7-16(14)19-4/h6-7,10,12-13,18H,5,8-9,11H2,1-4H3. The smallest absolute Gasteiger partial charge is 0.122 e. The normalized spacial score (nSPS) is 12.7. The molecule has 0 aliphatic carbocycles. The Bertz CT molecular complexity index is 379. The number of rotatable bonds is 8. The van der Waals surface area contributed by atoms with Crippen LogP contribution in [0.4, 0.5) is 0 Å². The second kappa shape index (κ2) is 8.60. The Morgan fingerprint density at radius 3 is 2.63 bits per heavy atom. The molecule has 0 aliphatic rings. The quantitative estimate of drug-likeness (QED) is 0.769. The van der Waals surface area contributed by atoms with Crippen LogP contribution in [-0.4, -0.2) is 20.2 Å². The highest BCUT2D eigenvalue weighted by molar-refractivity contribution is 9.10. The van der Waals surface area contributed by atoms with Crippen LogP contribution in [0.1, 0.15) is 32.8 Å². The third kappa shape index (κ3) is 5.96. The van der Waals surface area contributed by atoms with Crippen molar-refractivity contribution in [2.45, 2.75) is 33.6 Å². The Balaban J connectivity index is 2.78. The van der Waals surface area contributed by atoms with Crippen molar-refractivity contribution in [3.8, 4) is 5.75 Å². The minimum atomic E-state index is 0.656. The van der Waals surface area contributed by atoms with Gasteiger partial charge >= 0.3 is 0 Å². The third-order valence-electron chi connectivity index (χ3n) is 3.24. The van der Waals surface area contributed by atoms with Gasteiger partial charge in [-0.05, 0) is 61.5 Å². The molecule has 19 heavy (non-hydrogen) atoms. The SMILES string of the molecule is CCNCC(Cc1cc(Br)ccc1OC)CC(C)C. The van der Waals surface area contributed by atoms with Crippen LogP contribution in [0.2, 0.25) is 0 Å². The van der Waals surface area contributed by atoms with E-state index in [-0.39, 0.29) is 0 Å². The maximum absolute atomic E-state index is 5.47. The lowest BCUT2D eigenvalue weighted by atomic mass is 9.90. The van der Waals surface area contributed by atoms with Gasteiger partial charge in [-0.3, -0.25) is 0 Å². The second-order valence-electron chi connectivity index (χ2n) is 5.46. The van der Waals surface area contributed by atoms with E-state index >= 15 is 0 Å². The molecule has 1 unspecified atom stereocenters. The summed E-state index contributed by atoms with van der Waals surface area (Å²) in [4.78, 5) is 0. The number of nitrogens with one attached hydrogen (secondary N) is 1. The lowest BCUT2D eigenvalue weighted by Crippen LogP contribution is -2.25. The van der Waals surface area contributed by atoms with Crippen LogP contribution in [0, 0.1) is 11.8 Å². The van der Waals surface area contributed by atoms with Crippen LogP contribution in [0.5, 0.6) is 5.75 Å². The van der Waals surface area contributed by atoms with Gasteiger partial charge in [0.2, 0.25) is 0 Å². The molecule has 1 N–H and O–H groups in total. The van der Waals surface area contributed by atoms with Crippen molar-refractivity contribution in [1.82, 2.24) is 5.32 Å². The van der Waals surface area contributed by atoms with Gasteiger partial charge in [0.25, 0.3) is 0 Å². The first-order valence-corrected chi connectivity index (χ1v) is 7.89. The number of hydrogen-bond donors (Lipinski definition) is 1. The van der Waals surface area contributed by atoms with E-state index in [1.165, 1.54) is 12.0 Å². The average Bonchev–Trinajstić information content (AvgIpc) is 2.35. The Labute approximate surface area is 126 Å². The minimum Gasteiger partial charge on any atom is -0.496 e. The lowest BCUT2D eigenvalue weighted by molar-refractivity contribution is 0.373. The summed E-state index contributed by atoms with van der Waals surface area (Å²) < 4.78 is 6.59. The predicted molar refractivity (Wildman–Crippen MR) is 85.9 cm³/mol. The zero-order valence-corrected chi connectivity index (χ0v) is 14.1. The van der Waals surface area contributed by atoms with Crippen LogP contribution >= 0.6 is 15.9 Å². The fraction of sp³-hybridized carbons (Fsp3) is 0.625. The Kier molecular flexibility index (Phi) is 7.47. The van der Waals surface area contributed by atoms with Gasteiger partial charge in [0.1, 0.15) is 5.75 Å². The van der Waals surface area contributed by atoms with E-state index in [4.69, 9.17) is 4.74 Å². The molecule has 0 aromatic heterocycles. The van der Waals surface area contributed by atoms with Crippen molar-refractivity contribution in [3.05, 3.63) is 28.2 Å². The molecule has 0 spiro atoms. The molecule has 2 nitrogen and oxygen atoms in total. The highest BCUT2D eigenvalue weighted by Crippen LogP contribution is 2.27. The molecule has 0 aliphatic heterocycles. The molecule has 108 valence electrons. The average molecular weight is 328 g/mol. The highest BCUT2D eigenvalue weighted by atomic mass is 79.9. The van der Waals surface area contributed by atoms with E-state index in [0.717, 1.165) is 35.7 Å². The summed E-state index contributed by atoms with van der Waals surface area (Å²) in [6, 6.07) is 6.25. The first kappa shape index (κ1) is 16.5. The Morgan fingerprint density at radius 1 is 1.32 bits per heavy atom. The Morgan fingerprint density at radius 2 is 2.05 bits per heavy atom. The number of ether oxygens (including phenoxy) is 1. The number of methoxy groups -OCH3 is 1. The first-order valence-electron chi connectivity index (χ1n) is 7.09. The van der Waals surface area contributed by atoms with Crippen molar-refractivity contribution >= 4 is 15.9 Å². The second-order valence-corrected chi connectivity index (χ2v) is 6.38.